The monoisotopic (exact) mass is 397 g/mol. The molecule has 0 saturated heterocycles. The third kappa shape index (κ3) is 5.10. The molecule has 148 valence electrons. The maximum absolute atomic E-state index is 12.3. The van der Waals surface area contributed by atoms with E-state index >= 15 is 0 Å². The average Bonchev–Trinajstić information content (AvgIpc) is 3.44. The van der Waals surface area contributed by atoms with Crippen LogP contribution in [0.1, 0.15) is 31.5 Å². The Balaban J connectivity index is 1.53. The minimum Gasteiger partial charge on any atom is -0.459 e. The fourth-order valence-electron chi connectivity index (χ4n) is 2.20. The number of rotatable bonds is 6. The minimum atomic E-state index is -0.840. The third-order valence-electron chi connectivity index (χ3n) is 3.53. The zero-order chi connectivity index (χ0) is 20.6. The van der Waals surface area contributed by atoms with Crippen LogP contribution in [0, 0.1) is 0 Å². The van der Waals surface area contributed by atoms with Gasteiger partial charge in [-0.1, -0.05) is 12.1 Å². The Morgan fingerprint density at radius 3 is 2.10 bits per heavy atom. The van der Waals surface area contributed by atoms with E-state index in [1.807, 2.05) is 0 Å². The van der Waals surface area contributed by atoms with Crippen molar-refractivity contribution in [3.63, 3.8) is 0 Å². The van der Waals surface area contributed by atoms with E-state index in [9.17, 15) is 19.2 Å². The predicted molar refractivity (Wildman–Crippen MR) is 97.7 cm³/mol. The lowest BCUT2D eigenvalue weighted by Gasteiger charge is -2.10. The highest BCUT2D eigenvalue weighted by Gasteiger charge is 2.18. The lowest BCUT2D eigenvalue weighted by atomic mass is 10.1. The second-order valence-corrected chi connectivity index (χ2v) is 5.53. The number of furan rings is 2. The quantitative estimate of drug-likeness (QED) is 0.425. The number of anilines is 1. The second-order valence-electron chi connectivity index (χ2n) is 5.53. The zero-order valence-corrected chi connectivity index (χ0v) is 14.8. The van der Waals surface area contributed by atoms with Crippen LogP contribution in [0.15, 0.2) is 69.9 Å². The lowest BCUT2D eigenvalue weighted by Crippen LogP contribution is -2.43. The summed E-state index contributed by atoms with van der Waals surface area (Å²) in [7, 11) is 0. The molecule has 0 radical (unpaired) electrons. The molecule has 0 aliphatic rings. The molecule has 10 heteroatoms. The van der Waals surface area contributed by atoms with Gasteiger partial charge in [-0.25, -0.2) is 4.79 Å². The molecule has 3 N–H and O–H groups in total. The molecule has 3 rings (SSSR count). The van der Waals surface area contributed by atoms with Crippen LogP contribution in [0.3, 0.4) is 0 Å². The molecule has 0 saturated carbocycles. The molecular formula is C19H15N3O7. The van der Waals surface area contributed by atoms with Gasteiger partial charge in [-0.2, -0.15) is 0 Å². The molecule has 29 heavy (non-hydrogen) atoms. The van der Waals surface area contributed by atoms with Crippen molar-refractivity contribution in [1.82, 2.24) is 10.9 Å². The Kier molecular flexibility index (Phi) is 6.05. The van der Waals surface area contributed by atoms with E-state index in [1.165, 1.54) is 42.9 Å². The Hall–Kier alpha value is -4.34. The van der Waals surface area contributed by atoms with Crippen LogP contribution >= 0.6 is 0 Å². The molecule has 0 bridgehead atoms. The standard InChI is InChI=1S/C19H15N3O7/c23-16(21-22-18(25)15-8-4-10-28-15)11-29-19(26)12-5-1-2-6-13(12)20-17(24)14-7-3-9-27-14/h1-10H,11H2,(H,20,24)(H,21,23)(H,22,25). The fraction of sp³-hybridized carbons (Fsp3) is 0.0526. The van der Waals surface area contributed by atoms with Gasteiger partial charge in [0.1, 0.15) is 0 Å². The molecule has 1 aromatic carbocycles. The van der Waals surface area contributed by atoms with E-state index in [2.05, 4.69) is 16.2 Å². The van der Waals surface area contributed by atoms with Gasteiger partial charge >= 0.3 is 11.9 Å². The molecule has 3 amide bonds. The van der Waals surface area contributed by atoms with Crippen LogP contribution in [0.4, 0.5) is 5.69 Å². The highest BCUT2D eigenvalue weighted by atomic mass is 16.5. The first-order valence-corrected chi connectivity index (χ1v) is 8.28. The van der Waals surface area contributed by atoms with Crippen molar-refractivity contribution in [2.75, 3.05) is 11.9 Å². The van der Waals surface area contributed by atoms with Crippen molar-refractivity contribution < 1.29 is 32.7 Å². The first kappa shape index (κ1) is 19.4. The number of hydrazine groups is 1. The number of ether oxygens (including phenoxy) is 1. The largest absolute Gasteiger partial charge is 0.459 e. The Labute approximate surface area is 163 Å². The van der Waals surface area contributed by atoms with Crippen molar-refractivity contribution in [2.45, 2.75) is 0 Å². The summed E-state index contributed by atoms with van der Waals surface area (Å²) in [5, 5.41) is 2.54. The maximum atomic E-state index is 12.3. The summed E-state index contributed by atoms with van der Waals surface area (Å²) >= 11 is 0. The third-order valence-corrected chi connectivity index (χ3v) is 3.53. The molecule has 0 atom stereocenters. The molecule has 0 aliphatic carbocycles. The fourth-order valence-corrected chi connectivity index (χ4v) is 2.20. The highest BCUT2D eigenvalue weighted by Crippen LogP contribution is 2.17. The smallest absolute Gasteiger partial charge is 0.340 e. The zero-order valence-electron chi connectivity index (χ0n) is 14.8. The van der Waals surface area contributed by atoms with Crippen LogP contribution in [0.2, 0.25) is 0 Å². The van der Waals surface area contributed by atoms with Gasteiger partial charge < -0.3 is 18.9 Å². The SMILES string of the molecule is O=C(COC(=O)c1ccccc1NC(=O)c1ccco1)NNC(=O)c1ccco1. The van der Waals surface area contributed by atoms with Crippen molar-refractivity contribution in [1.29, 1.82) is 0 Å². The highest BCUT2D eigenvalue weighted by molar-refractivity contribution is 6.06. The first-order chi connectivity index (χ1) is 14.0. The van der Waals surface area contributed by atoms with E-state index in [1.54, 1.807) is 18.2 Å². The summed E-state index contributed by atoms with van der Waals surface area (Å²) in [6.45, 7) is -0.655. The molecule has 2 aromatic heterocycles. The average molecular weight is 397 g/mol. The van der Waals surface area contributed by atoms with E-state index in [-0.39, 0.29) is 22.8 Å². The van der Waals surface area contributed by atoms with Gasteiger partial charge in [0.2, 0.25) is 0 Å². The lowest BCUT2D eigenvalue weighted by molar-refractivity contribution is -0.125. The van der Waals surface area contributed by atoms with Crippen molar-refractivity contribution in [3.05, 3.63) is 78.1 Å². The number of benzene rings is 1. The van der Waals surface area contributed by atoms with Crippen LogP contribution in [-0.4, -0.2) is 30.3 Å². The normalized spacial score (nSPS) is 10.1. The number of para-hydroxylation sites is 1. The molecule has 0 unspecified atom stereocenters. The predicted octanol–water partition coefficient (Wildman–Crippen LogP) is 1.74. The summed E-state index contributed by atoms with van der Waals surface area (Å²) in [4.78, 5) is 47.8. The van der Waals surface area contributed by atoms with Crippen LogP contribution in [0.5, 0.6) is 0 Å². The summed E-state index contributed by atoms with van der Waals surface area (Å²) in [6, 6.07) is 12.1. The van der Waals surface area contributed by atoms with E-state index in [4.69, 9.17) is 13.6 Å². The summed E-state index contributed by atoms with van der Waals surface area (Å²) in [5.41, 5.74) is 4.42. The molecule has 10 nitrogen and oxygen atoms in total. The Bertz CT molecular complexity index is 1010. The number of carbonyl (C=O) groups is 4. The van der Waals surface area contributed by atoms with E-state index in [0.29, 0.717) is 0 Å². The number of hydrogen-bond acceptors (Lipinski definition) is 7. The number of carbonyl (C=O) groups excluding carboxylic acids is 4. The molecule has 0 aliphatic heterocycles. The van der Waals surface area contributed by atoms with Gasteiger partial charge in [0.15, 0.2) is 18.1 Å². The van der Waals surface area contributed by atoms with Crippen molar-refractivity contribution in [2.24, 2.45) is 0 Å². The van der Waals surface area contributed by atoms with E-state index in [0.717, 1.165) is 0 Å². The van der Waals surface area contributed by atoms with Gasteiger partial charge in [0, 0.05) is 0 Å². The molecule has 2 heterocycles. The molecule has 0 spiro atoms. The van der Waals surface area contributed by atoms with Crippen molar-refractivity contribution >= 4 is 29.4 Å². The maximum Gasteiger partial charge on any atom is 0.340 e. The Morgan fingerprint density at radius 2 is 1.45 bits per heavy atom. The summed E-state index contributed by atoms with van der Waals surface area (Å²) < 4.78 is 14.8. The number of esters is 1. The number of amides is 3. The summed E-state index contributed by atoms with van der Waals surface area (Å²) in [5.74, 6) is -2.75. The van der Waals surface area contributed by atoms with Crippen LogP contribution in [-0.2, 0) is 9.53 Å². The van der Waals surface area contributed by atoms with Gasteiger partial charge in [0.25, 0.3) is 11.8 Å². The minimum absolute atomic E-state index is 0.00326. The number of hydrogen-bond donors (Lipinski definition) is 3. The first-order valence-electron chi connectivity index (χ1n) is 8.28. The number of nitrogens with one attached hydrogen (secondary N) is 3. The van der Waals surface area contributed by atoms with Crippen LogP contribution in [0.25, 0.3) is 0 Å². The van der Waals surface area contributed by atoms with Gasteiger partial charge in [-0.15, -0.1) is 0 Å². The van der Waals surface area contributed by atoms with Gasteiger partial charge in [0.05, 0.1) is 23.8 Å². The van der Waals surface area contributed by atoms with Crippen molar-refractivity contribution in [3.8, 4) is 0 Å². The van der Waals surface area contributed by atoms with E-state index < -0.39 is 30.3 Å². The molecule has 0 fully saturated rings. The summed E-state index contributed by atoms with van der Waals surface area (Å²) in [6.07, 6.45) is 2.65. The second kappa shape index (κ2) is 9.04. The van der Waals surface area contributed by atoms with Gasteiger partial charge in [-0.05, 0) is 36.4 Å². The molecular weight excluding hydrogens is 382 g/mol. The Morgan fingerprint density at radius 1 is 0.793 bits per heavy atom. The van der Waals surface area contributed by atoms with Crippen LogP contribution < -0.4 is 16.2 Å². The van der Waals surface area contributed by atoms with Gasteiger partial charge in [-0.3, -0.25) is 25.2 Å². The molecule has 3 aromatic rings. The topological polar surface area (TPSA) is 140 Å².